The van der Waals surface area contributed by atoms with Gasteiger partial charge in [0, 0.05) is 23.7 Å². The van der Waals surface area contributed by atoms with Gasteiger partial charge in [-0.15, -0.1) is 0 Å². The maximum atomic E-state index is 12.4. The molecule has 0 amide bonds. The Morgan fingerprint density at radius 3 is 2.50 bits per heavy atom. The van der Waals surface area contributed by atoms with E-state index in [4.69, 9.17) is 21.7 Å². The Morgan fingerprint density at radius 2 is 1.83 bits per heavy atom. The zero-order valence-electron chi connectivity index (χ0n) is 14.4. The van der Waals surface area contributed by atoms with Crippen molar-refractivity contribution in [2.45, 2.75) is 40.0 Å². The highest BCUT2D eigenvalue weighted by molar-refractivity contribution is 7.71. The molecule has 0 atom stereocenters. The number of H-pyrrole nitrogens is 2. The molecule has 5 nitrogen and oxygen atoms in total. The SMILES string of the molecule is CCCc1[nH]c(=S)[nH]c(=O)c1Cc1ccc(OCC)cc1OCC. The van der Waals surface area contributed by atoms with Gasteiger partial charge in [-0.05, 0) is 44.1 Å². The smallest absolute Gasteiger partial charge is 0.255 e. The van der Waals surface area contributed by atoms with Crippen LogP contribution >= 0.6 is 12.2 Å². The third-order valence-corrected chi connectivity index (χ3v) is 3.85. The quantitative estimate of drug-likeness (QED) is 0.713. The normalized spacial score (nSPS) is 10.6. The van der Waals surface area contributed by atoms with Crippen molar-refractivity contribution in [1.29, 1.82) is 0 Å². The Kier molecular flexibility index (Phi) is 6.61. The number of aromatic nitrogens is 2. The third kappa shape index (κ3) is 4.47. The number of hydrogen-bond donors (Lipinski definition) is 2. The van der Waals surface area contributed by atoms with E-state index in [0.717, 1.165) is 35.6 Å². The first-order chi connectivity index (χ1) is 11.6. The number of hydrogen-bond acceptors (Lipinski definition) is 4. The van der Waals surface area contributed by atoms with E-state index in [2.05, 4.69) is 16.9 Å². The molecule has 0 aliphatic rings. The molecule has 0 fully saturated rings. The summed E-state index contributed by atoms with van der Waals surface area (Å²) in [6.07, 6.45) is 2.20. The molecule has 0 aliphatic carbocycles. The molecule has 1 aromatic heterocycles. The number of benzene rings is 1. The lowest BCUT2D eigenvalue weighted by Crippen LogP contribution is -2.18. The monoisotopic (exact) mass is 348 g/mol. The summed E-state index contributed by atoms with van der Waals surface area (Å²) in [6.45, 7) is 7.10. The summed E-state index contributed by atoms with van der Waals surface area (Å²) in [5, 5.41) is 0. The van der Waals surface area contributed by atoms with E-state index in [1.807, 2.05) is 32.0 Å². The standard InChI is InChI=1S/C18H24N2O3S/c1-4-7-15-14(17(21)20-18(24)19-15)10-12-8-9-13(22-5-2)11-16(12)23-6-3/h8-9,11H,4-7,10H2,1-3H3,(H2,19,20,21,24). The molecule has 6 heteroatoms. The second-order valence-electron chi connectivity index (χ2n) is 5.43. The molecule has 1 aromatic carbocycles. The summed E-state index contributed by atoms with van der Waals surface area (Å²) in [7, 11) is 0. The minimum atomic E-state index is -0.140. The van der Waals surface area contributed by atoms with Crippen molar-refractivity contribution in [3.05, 3.63) is 50.1 Å². The minimum Gasteiger partial charge on any atom is -0.494 e. The van der Waals surface area contributed by atoms with E-state index in [1.54, 1.807) is 0 Å². The van der Waals surface area contributed by atoms with Crippen molar-refractivity contribution in [3.63, 3.8) is 0 Å². The van der Waals surface area contributed by atoms with Gasteiger partial charge in [-0.2, -0.15) is 0 Å². The van der Waals surface area contributed by atoms with Crippen LogP contribution < -0.4 is 15.0 Å². The first-order valence-electron chi connectivity index (χ1n) is 8.31. The molecular formula is C18H24N2O3S. The van der Waals surface area contributed by atoms with Gasteiger partial charge in [-0.25, -0.2) is 0 Å². The Labute approximate surface area is 147 Å². The fourth-order valence-electron chi connectivity index (χ4n) is 2.63. The number of ether oxygens (including phenoxy) is 2. The lowest BCUT2D eigenvalue weighted by Gasteiger charge is -2.14. The van der Waals surface area contributed by atoms with Crippen molar-refractivity contribution in [2.75, 3.05) is 13.2 Å². The molecule has 2 rings (SSSR count). The van der Waals surface area contributed by atoms with Crippen molar-refractivity contribution in [3.8, 4) is 11.5 Å². The topological polar surface area (TPSA) is 67.1 Å². The second kappa shape index (κ2) is 8.68. The van der Waals surface area contributed by atoms with Crippen LogP contribution in [0, 0.1) is 4.77 Å². The predicted molar refractivity (Wildman–Crippen MR) is 97.8 cm³/mol. The molecule has 0 unspecified atom stereocenters. The highest BCUT2D eigenvalue weighted by atomic mass is 32.1. The van der Waals surface area contributed by atoms with Gasteiger partial charge in [0.25, 0.3) is 5.56 Å². The van der Waals surface area contributed by atoms with E-state index < -0.39 is 0 Å². The number of aromatic amines is 2. The minimum absolute atomic E-state index is 0.140. The summed E-state index contributed by atoms with van der Waals surface area (Å²) in [5.74, 6) is 1.51. The van der Waals surface area contributed by atoms with Gasteiger partial charge >= 0.3 is 0 Å². The molecule has 0 aliphatic heterocycles. The van der Waals surface area contributed by atoms with Crippen LogP contribution in [-0.4, -0.2) is 23.2 Å². The molecule has 0 bridgehead atoms. The molecule has 2 N–H and O–H groups in total. The Bertz CT molecular complexity index is 796. The first kappa shape index (κ1) is 18.3. The van der Waals surface area contributed by atoms with Gasteiger partial charge in [0.2, 0.25) is 0 Å². The van der Waals surface area contributed by atoms with E-state index >= 15 is 0 Å². The molecule has 0 saturated carbocycles. The molecule has 2 aromatic rings. The third-order valence-electron chi connectivity index (χ3n) is 3.65. The van der Waals surface area contributed by atoms with E-state index in [1.165, 1.54) is 0 Å². The van der Waals surface area contributed by atoms with Crippen LogP contribution in [0.4, 0.5) is 0 Å². The molecule has 0 spiro atoms. The van der Waals surface area contributed by atoms with Gasteiger partial charge in [-0.3, -0.25) is 9.78 Å². The average molecular weight is 348 g/mol. The summed E-state index contributed by atoms with van der Waals surface area (Å²) in [4.78, 5) is 18.2. The van der Waals surface area contributed by atoms with Crippen LogP contribution in [0.3, 0.4) is 0 Å². The number of nitrogens with one attached hydrogen (secondary N) is 2. The molecule has 0 saturated heterocycles. The Balaban J connectivity index is 2.43. The summed E-state index contributed by atoms with van der Waals surface area (Å²) >= 11 is 5.09. The van der Waals surface area contributed by atoms with Crippen molar-refractivity contribution >= 4 is 12.2 Å². The molecule has 24 heavy (non-hydrogen) atoms. The van der Waals surface area contributed by atoms with E-state index in [0.29, 0.717) is 30.0 Å². The van der Waals surface area contributed by atoms with Gasteiger partial charge < -0.3 is 14.5 Å². The summed E-state index contributed by atoms with van der Waals surface area (Å²) in [6, 6.07) is 5.73. The zero-order valence-corrected chi connectivity index (χ0v) is 15.2. The molecular weight excluding hydrogens is 324 g/mol. The number of aryl methyl sites for hydroxylation is 1. The number of rotatable bonds is 8. The lowest BCUT2D eigenvalue weighted by atomic mass is 10.0. The van der Waals surface area contributed by atoms with E-state index in [9.17, 15) is 4.79 Å². The van der Waals surface area contributed by atoms with Crippen LogP contribution in [0.2, 0.25) is 0 Å². The Hall–Kier alpha value is -2.08. The Morgan fingerprint density at radius 1 is 1.08 bits per heavy atom. The van der Waals surface area contributed by atoms with E-state index in [-0.39, 0.29) is 5.56 Å². The lowest BCUT2D eigenvalue weighted by molar-refractivity contribution is 0.321. The molecule has 130 valence electrons. The highest BCUT2D eigenvalue weighted by Gasteiger charge is 2.13. The zero-order chi connectivity index (χ0) is 17.5. The van der Waals surface area contributed by atoms with Crippen molar-refractivity contribution < 1.29 is 9.47 Å². The molecule has 0 radical (unpaired) electrons. The van der Waals surface area contributed by atoms with Gasteiger partial charge in [0.1, 0.15) is 11.5 Å². The van der Waals surface area contributed by atoms with Gasteiger partial charge in [0.05, 0.1) is 13.2 Å². The fourth-order valence-corrected chi connectivity index (χ4v) is 2.84. The van der Waals surface area contributed by atoms with Crippen molar-refractivity contribution in [2.24, 2.45) is 0 Å². The highest BCUT2D eigenvalue weighted by Crippen LogP contribution is 2.27. The van der Waals surface area contributed by atoms with Crippen molar-refractivity contribution in [1.82, 2.24) is 9.97 Å². The van der Waals surface area contributed by atoms with Gasteiger partial charge in [-0.1, -0.05) is 19.4 Å². The van der Waals surface area contributed by atoms with Crippen LogP contribution in [0.1, 0.15) is 44.0 Å². The fraction of sp³-hybridized carbons (Fsp3) is 0.444. The summed E-state index contributed by atoms with van der Waals surface area (Å²) in [5.41, 5.74) is 2.41. The maximum absolute atomic E-state index is 12.4. The predicted octanol–water partition coefficient (Wildman–Crippen LogP) is 3.77. The van der Waals surface area contributed by atoms with Crippen LogP contribution in [0.25, 0.3) is 0 Å². The van der Waals surface area contributed by atoms with Crippen LogP contribution in [0.15, 0.2) is 23.0 Å². The summed E-state index contributed by atoms with van der Waals surface area (Å²) < 4.78 is 11.6. The van der Waals surface area contributed by atoms with Crippen LogP contribution in [-0.2, 0) is 12.8 Å². The molecule has 1 heterocycles. The second-order valence-corrected chi connectivity index (χ2v) is 5.84. The van der Waals surface area contributed by atoms with Crippen LogP contribution in [0.5, 0.6) is 11.5 Å². The average Bonchev–Trinajstić information content (AvgIpc) is 2.53. The largest absolute Gasteiger partial charge is 0.494 e. The first-order valence-corrected chi connectivity index (χ1v) is 8.72. The van der Waals surface area contributed by atoms with Gasteiger partial charge in [0.15, 0.2) is 4.77 Å². The maximum Gasteiger partial charge on any atom is 0.255 e.